The van der Waals surface area contributed by atoms with E-state index >= 15 is 0 Å². The molecule has 0 saturated heterocycles. The van der Waals surface area contributed by atoms with Crippen molar-refractivity contribution in [2.45, 2.75) is 32.1 Å². The predicted octanol–water partition coefficient (Wildman–Crippen LogP) is 5.64. The molecule has 4 heteroatoms. The fraction of sp³-hybridized carbons (Fsp3) is 0.385. The van der Waals surface area contributed by atoms with Crippen LogP contribution in [0.5, 0.6) is 0 Å². The van der Waals surface area contributed by atoms with Gasteiger partial charge in [0.05, 0.1) is 0 Å². The van der Waals surface area contributed by atoms with E-state index in [4.69, 9.17) is 27.9 Å². The molecule has 0 unspecified atom stereocenters. The molecule has 1 aromatic carbocycles. The minimum absolute atomic E-state index is 1.24. The van der Waals surface area contributed by atoms with Crippen LogP contribution in [0.2, 0.25) is 0 Å². The van der Waals surface area contributed by atoms with Gasteiger partial charge in [-0.25, -0.2) is 0 Å². The van der Waals surface area contributed by atoms with Gasteiger partial charge in [-0.05, 0) is 48.8 Å². The number of allylic oxidation sites excluding steroid dienone is 2. The van der Waals surface area contributed by atoms with Gasteiger partial charge < -0.3 is 0 Å². The summed E-state index contributed by atoms with van der Waals surface area (Å²) in [6.07, 6.45) is 6.72. The SMILES string of the molecule is [Cl][Ti]([Cl])[Cl].c1ccc2c(c1)CC1=C2CCCC1. The maximum absolute atomic E-state index is 4.97. The zero-order valence-electron chi connectivity index (χ0n) is 9.48. The first kappa shape index (κ1) is 14.0. The minimum Gasteiger partial charge on any atom is -0.0620 e. The molecule has 0 radical (unpaired) electrons. The maximum atomic E-state index is 4.97. The van der Waals surface area contributed by atoms with Crippen molar-refractivity contribution in [1.82, 2.24) is 0 Å². The second-order valence-electron chi connectivity index (χ2n) is 4.34. The third kappa shape index (κ3) is 3.75. The molecule has 3 rings (SSSR count). The first-order valence-electron chi connectivity index (χ1n) is 5.81. The van der Waals surface area contributed by atoms with Crippen molar-refractivity contribution in [3.05, 3.63) is 41.0 Å². The van der Waals surface area contributed by atoms with E-state index in [9.17, 15) is 0 Å². The van der Waals surface area contributed by atoms with Crippen molar-refractivity contribution in [3.8, 4) is 0 Å². The van der Waals surface area contributed by atoms with Gasteiger partial charge in [0.1, 0.15) is 0 Å². The molecule has 0 atom stereocenters. The number of fused-ring (bicyclic) bond motifs is 2. The molecule has 0 bridgehead atoms. The Morgan fingerprint density at radius 3 is 2.35 bits per heavy atom. The molecule has 0 amide bonds. The van der Waals surface area contributed by atoms with E-state index in [-0.39, 0.29) is 0 Å². The Hall–Kier alpha value is 0.544. The van der Waals surface area contributed by atoms with Gasteiger partial charge in [-0.15, -0.1) is 0 Å². The molecule has 2 aliphatic carbocycles. The molecule has 91 valence electrons. The average Bonchev–Trinajstić information content (AvgIpc) is 2.66. The first-order chi connectivity index (χ1) is 8.18. The topological polar surface area (TPSA) is 0 Å². The van der Waals surface area contributed by atoms with Crippen LogP contribution >= 0.6 is 27.9 Å². The van der Waals surface area contributed by atoms with Crippen LogP contribution in [0.4, 0.5) is 0 Å². The fourth-order valence-corrected chi connectivity index (χ4v) is 2.69. The summed E-state index contributed by atoms with van der Waals surface area (Å²) in [7, 11) is 14.9. The summed E-state index contributed by atoms with van der Waals surface area (Å²) in [4.78, 5) is 0. The van der Waals surface area contributed by atoms with E-state index < -0.39 is 14.7 Å². The largest absolute Gasteiger partial charge is 0.0620 e. The smallest absolute Gasteiger partial charge is 0.00550 e. The number of rotatable bonds is 0. The monoisotopic (exact) mass is 323 g/mol. The third-order valence-electron chi connectivity index (χ3n) is 3.33. The van der Waals surface area contributed by atoms with E-state index in [1.54, 1.807) is 22.3 Å². The van der Waals surface area contributed by atoms with Crippen molar-refractivity contribution < 1.29 is 14.7 Å². The van der Waals surface area contributed by atoms with Gasteiger partial charge >= 0.3 is 42.6 Å². The van der Waals surface area contributed by atoms with Gasteiger partial charge in [0.15, 0.2) is 0 Å². The molecular weight excluding hydrogens is 310 g/mol. The number of halogens is 3. The van der Waals surface area contributed by atoms with E-state index in [1.807, 2.05) is 0 Å². The van der Waals surface area contributed by atoms with Gasteiger partial charge in [0, 0.05) is 0 Å². The van der Waals surface area contributed by atoms with Gasteiger partial charge in [0.25, 0.3) is 0 Å². The molecule has 0 spiro atoms. The van der Waals surface area contributed by atoms with Crippen LogP contribution in [-0.4, -0.2) is 0 Å². The van der Waals surface area contributed by atoms with E-state index in [0.29, 0.717) is 0 Å². The standard InChI is InChI=1S/C13H14.3ClH.Ti/c1-3-7-12-10(5-1)9-11-6-2-4-8-13(11)12;;;;/h1,3,5,7H,2,4,6,8-9H2;3*1H;/q;;;;+3/p-3. The predicted molar refractivity (Wildman–Crippen MR) is 73.1 cm³/mol. The van der Waals surface area contributed by atoms with Gasteiger partial charge in [-0.2, -0.15) is 0 Å². The van der Waals surface area contributed by atoms with Crippen LogP contribution in [0.3, 0.4) is 0 Å². The molecule has 0 saturated carbocycles. The second kappa shape index (κ2) is 6.64. The Labute approximate surface area is 120 Å². The van der Waals surface area contributed by atoms with E-state index in [0.717, 1.165) is 0 Å². The van der Waals surface area contributed by atoms with Crippen molar-refractivity contribution in [2.75, 3.05) is 0 Å². The Morgan fingerprint density at radius 1 is 0.941 bits per heavy atom. The molecule has 0 aliphatic heterocycles. The summed E-state index contributed by atoms with van der Waals surface area (Å²) in [5.74, 6) is 0. The molecule has 0 aromatic heterocycles. The summed E-state index contributed by atoms with van der Waals surface area (Å²) in [6, 6.07) is 8.91. The average molecular weight is 324 g/mol. The van der Waals surface area contributed by atoms with Crippen LogP contribution in [0.15, 0.2) is 29.8 Å². The van der Waals surface area contributed by atoms with Crippen molar-refractivity contribution >= 4 is 33.5 Å². The second-order valence-corrected chi connectivity index (χ2v) is 12.1. The molecule has 17 heavy (non-hydrogen) atoms. The van der Waals surface area contributed by atoms with Crippen LogP contribution in [0.25, 0.3) is 5.57 Å². The zero-order chi connectivity index (χ0) is 12.3. The number of hydrogen-bond donors (Lipinski definition) is 0. The van der Waals surface area contributed by atoms with Crippen molar-refractivity contribution in [2.24, 2.45) is 0 Å². The molecule has 1 aromatic rings. The Balaban J connectivity index is 0.000000239. The summed E-state index contributed by atoms with van der Waals surface area (Å²) >= 11 is -1.92. The first-order valence-corrected chi connectivity index (χ1v) is 12.3. The van der Waals surface area contributed by atoms with Crippen LogP contribution < -0.4 is 0 Å². The quantitative estimate of drug-likeness (QED) is 0.542. The Morgan fingerprint density at radius 2 is 1.59 bits per heavy atom. The fourth-order valence-electron chi connectivity index (χ4n) is 2.69. The molecule has 0 N–H and O–H groups in total. The number of hydrogen-bond acceptors (Lipinski definition) is 0. The molecule has 2 aliphatic rings. The Bertz CT molecular complexity index is 424. The van der Waals surface area contributed by atoms with Crippen LogP contribution in [0, 0.1) is 0 Å². The van der Waals surface area contributed by atoms with E-state index in [1.165, 1.54) is 32.1 Å². The minimum atomic E-state index is -1.92. The summed E-state index contributed by atoms with van der Waals surface area (Å²) in [5.41, 5.74) is 6.53. The zero-order valence-corrected chi connectivity index (χ0v) is 13.3. The van der Waals surface area contributed by atoms with Crippen molar-refractivity contribution in [1.29, 1.82) is 0 Å². The van der Waals surface area contributed by atoms with Crippen LogP contribution in [-0.2, 0) is 21.1 Å². The molecule has 0 nitrogen and oxygen atoms in total. The summed E-state index contributed by atoms with van der Waals surface area (Å²) in [6.45, 7) is 0. The maximum Gasteiger partial charge on any atom is -0.00550 e. The Kier molecular flexibility index (Phi) is 5.45. The van der Waals surface area contributed by atoms with Crippen molar-refractivity contribution in [3.63, 3.8) is 0 Å². The summed E-state index contributed by atoms with van der Waals surface area (Å²) < 4.78 is 0. The van der Waals surface area contributed by atoms with Gasteiger partial charge in [0.2, 0.25) is 0 Å². The van der Waals surface area contributed by atoms with Crippen LogP contribution in [0.1, 0.15) is 36.8 Å². The van der Waals surface area contributed by atoms with Gasteiger partial charge in [-0.1, -0.05) is 29.8 Å². The third-order valence-corrected chi connectivity index (χ3v) is 3.33. The summed E-state index contributed by atoms with van der Waals surface area (Å²) in [5, 5.41) is 0. The molecular formula is C13H14Cl3Ti. The van der Waals surface area contributed by atoms with E-state index in [2.05, 4.69) is 24.3 Å². The normalized spacial score (nSPS) is 16.9. The molecule has 0 heterocycles. The number of benzene rings is 1. The van der Waals surface area contributed by atoms with Gasteiger partial charge in [-0.3, -0.25) is 0 Å². The molecule has 0 fully saturated rings.